The molecule has 0 bridgehead atoms. The van der Waals surface area contributed by atoms with E-state index in [2.05, 4.69) is 10.2 Å². The van der Waals surface area contributed by atoms with E-state index in [-0.39, 0.29) is 22.4 Å². The van der Waals surface area contributed by atoms with Crippen LogP contribution in [0.4, 0.5) is 4.39 Å². The molecule has 0 atom stereocenters. The van der Waals surface area contributed by atoms with E-state index in [1.54, 1.807) is 12.1 Å². The van der Waals surface area contributed by atoms with Crippen LogP contribution in [0, 0.1) is 5.82 Å². The zero-order chi connectivity index (χ0) is 15.0. The molecular formula is C13H11ClFN3O2S. The Morgan fingerprint density at radius 2 is 2.24 bits per heavy atom. The molecule has 1 fully saturated rings. The molecule has 0 saturated heterocycles. The molecule has 1 aliphatic rings. The number of thioether (sulfide) groups is 1. The number of halogens is 2. The Hall–Kier alpha value is -1.60. The number of benzene rings is 1. The third kappa shape index (κ3) is 2.89. The molecule has 1 N–H and O–H groups in total. The maximum absolute atomic E-state index is 14.2. The van der Waals surface area contributed by atoms with Gasteiger partial charge in [0.2, 0.25) is 0 Å². The predicted octanol–water partition coefficient (Wildman–Crippen LogP) is 3.25. The van der Waals surface area contributed by atoms with Gasteiger partial charge in [-0.25, -0.2) is 4.39 Å². The molecule has 110 valence electrons. The molecule has 5 nitrogen and oxygen atoms in total. The van der Waals surface area contributed by atoms with Gasteiger partial charge >= 0.3 is 5.97 Å². The second kappa shape index (κ2) is 5.65. The zero-order valence-electron chi connectivity index (χ0n) is 10.8. The van der Waals surface area contributed by atoms with Gasteiger partial charge in [-0.2, -0.15) is 0 Å². The molecule has 3 rings (SSSR count). The highest BCUT2D eigenvalue weighted by atomic mass is 35.5. The first-order valence-corrected chi connectivity index (χ1v) is 7.68. The quantitative estimate of drug-likeness (QED) is 0.854. The number of carbonyl (C=O) groups is 1. The van der Waals surface area contributed by atoms with Crippen molar-refractivity contribution >= 4 is 29.3 Å². The fourth-order valence-corrected chi connectivity index (χ4v) is 2.92. The molecular weight excluding hydrogens is 317 g/mol. The van der Waals surface area contributed by atoms with Gasteiger partial charge in [0, 0.05) is 6.04 Å². The number of rotatable bonds is 5. The summed E-state index contributed by atoms with van der Waals surface area (Å²) >= 11 is 6.89. The van der Waals surface area contributed by atoms with Gasteiger partial charge in [0.15, 0.2) is 16.8 Å². The molecule has 1 aromatic carbocycles. The van der Waals surface area contributed by atoms with Gasteiger partial charge in [-0.15, -0.1) is 10.2 Å². The zero-order valence-corrected chi connectivity index (χ0v) is 12.4. The van der Waals surface area contributed by atoms with Crippen LogP contribution in [0.2, 0.25) is 5.02 Å². The lowest BCUT2D eigenvalue weighted by atomic mass is 10.2. The average molecular weight is 328 g/mol. The van der Waals surface area contributed by atoms with Crippen LogP contribution in [0.15, 0.2) is 23.4 Å². The Morgan fingerprint density at radius 3 is 2.90 bits per heavy atom. The van der Waals surface area contributed by atoms with Crippen LogP contribution < -0.4 is 0 Å². The third-order valence-corrected chi connectivity index (χ3v) is 4.31. The summed E-state index contributed by atoms with van der Waals surface area (Å²) in [5.41, 5.74) is 0.282. The van der Waals surface area contributed by atoms with Crippen molar-refractivity contribution in [1.82, 2.24) is 14.8 Å². The highest BCUT2D eigenvalue weighted by Gasteiger charge is 2.31. The van der Waals surface area contributed by atoms with Crippen molar-refractivity contribution in [3.8, 4) is 11.4 Å². The molecule has 8 heteroatoms. The second-order valence-corrected chi connectivity index (χ2v) is 6.04. The minimum atomic E-state index is -0.930. The van der Waals surface area contributed by atoms with Crippen LogP contribution in [-0.4, -0.2) is 31.6 Å². The van der Waals surface area contributed by atoms with Crippen LogP contribution in [0.25, 0.3) is 11.4 Å². The number of aromatic nitrogens is 3. The first-order chi connectivity index (χ1) is 10.1. The van der Waals surface area contributed by atoms with Crippen molar-refractivity contribution in [3.05, 3.63) is 29.0 Å². The molecule has 1 aliphatic carbocycles. The summed E-state index contributed by atoms with van der Waals surface area (Å²) in [6, 6.07) is 4.91. The van der Waals surface area contributed by atoms with E-state index < -0.39 is 11.8 Å². The molecule has 2 aromatic rings. The van der Waals surface area contributed by atoms with E-state index in [1.165, 1.54) is 6.07 Å². The van der Waals surface area contributed by atoms with Gasteiger partial charge in [-0.3, -0.25) is 9.36 Å². The minimum absolute atomic E-state index is 0.0255. The summed E-state index contributed by atoms with van der Waals surface area (Å²) in [4.78, 5) is 10.7. The summed E-state index contributed by atoms with van der Waals surface area (Å²) in [5, 5.41) is 17.3. The summed E-state index contributed by atoms with van der Waals surface area (Å²) < 4.78 is 16.0. The number of aliphatic carboxylic acids is 1. The Balaban J connectivity index is 2.02. The van der Waals surface area contributed by atoms with E-state index in [1.807, 2.05) is 4.57 Å². The molecule has 0 radical (unpaired) electrons. The number of carboxylic acid groups (broad SMARTS) is 1. The number of nitrogens with zero attached hydrogens (tertiary/aromatic N) is 3. The first-order valence-electron chi connectivity index (χ1n) is 6.32. The number of carboxylic acids is 1. The maximum atomic E-state index is 14.2. The third-order valence-electron chi connectivity index (χ3n) is 3.09. The van der Waals surface area contributed by atoms with Crippen molar-refractivity contribution in [2.45, 2.75) is 24.0 Å². The fourth-order valence-electron chi connectivity index (χ4n) is 2.02. The van der Waals surface area contributed by atoms with Crippen molar-refractivity contribution < 1.29 is 14.3 Å². The van der Waals surface area contributed by atoms with Crippen molar-refractivity contribution in [2.75, 3.05) is 5.75 Å². The van der Waals surface area contributed by atoms with Crippen molar-refractivity contribution in [1.29, 1.82) is 0 Å². The molecule has 0 amide bonds. The maximum Gasteiger partial charge on any atom is 0.313 e. The van der Waals surface area contributed by atoms with E-state index in [4.69, 9.17) is 16.7 Å². The van der Waals surface area contributed by atoms with Crippen LogP contribution in [0.5, 0.6) is 0 Å². The average Bonchev–Trinajstić information content (AvgIpc) is 3.20. The predicted molar refractivity (Wildman–Crippen MR) is 77.1 cm³/mol. The molecule has 0 aliphatic heterocycles. The molecule has 0 unspecified atom stereocenters. The van der Waals surface area contributed by atoms with Crippen LogP contribution >= 0.6 is 23.4 Å². The Labute approximate surface area is 129 Å². The molecule has 1 heterocycles. The van der Waals surface area contributed by atoms with Crippen LogP contribution in [0.1, 0.15) is 18.9 Å². The molecule has 21 heavy (non-hydrogen) atoms. The summed E-state index contributed by atoms with van der Waals surface area (Å²) in [6.45, 7) is 0. The molecule has 1 aromatic heterocycles. The normalized spacial score (nSPS) is 14.4. The van der Waals surface area contributed by atoms with Gasteiger partial charge in [-0.05, 0) is 25.0 Å². The van der Waals surface area contributed by atoms with Crippen molar-refractivity contribution in [2.24, 2.45) is 0 Å². The van der Waals surface area contributed by atoms with E-state index in [0.717, 1.165) is 24.6 Å². The number of hydrogen-bond acceptors (Lipinski definition) is 4. The van der Waals surface area contributed by atoms with Crippen molar-refractivity contribution in [3.63, 3.8) is 0 Å². The van der Waals surface area contributed by atoms with E-state index in [9.17, 15) is 9.18 Å². The monoisotopic (exact) mass is 327 g/mol. The lowest BCUT2D eigenvalue weighted by Crippen LogP contribution is -2.04. The summed E-state index contributed by atoms with van der Waals surface area (Å²) in [7, 11) is 0. The van der Waals surface area contributed by atoms with E-state index >= 15 is 0 Å². The number of hydrogen-bond donors (Lipinski definition) is 1. The Kier molecular flexibility index (Phi) is 3.86. The molecule has 0 spiro atoms. The first kappa shape index (κ1) is 14.3. The topological polar surface area (TPSA) is 68.0 Å². The summed E-state index contributed by atoms with van der Waals surface area (Å²) in [5.74, 6) is -1.18. The second-order valence-electron chi connectivity index (χ2n) is 4.69. The minimum Gasteiger partial charge on any atom is -0.481 e. The summed E-state index contributed by atoms with van der Waals surface area (Å²) in [6.07, 6.45) is 1.90. The largest absolute Gasteiger partial charge is 0.481 e. The highest BCUT2D eigenvalue weighted by Crippen LogP contribution is 2.41. The highest BCUT2D eigenvalue weighted by molar-refractivity contribution is 7.99. The van der Waals surface area contributed by atoms with Crippen LogP contribution in [0.3, 0.4) is 0 Å². The van der Waals surface area contributed by atoms with Gasteiger partial charge in [0.1, 0.15) is 0 Å². The lowest BCUT2D eigenvalue weighted by Gasteiger charge is -2.09. The van der Waals surface area contributed by atoms with E-state index in [0.29, 0.717) is 11.0 Å². The fraction of sp³-hybridized carbons (Fsp3) is 0.308. The SMILES string of the molecule is O=C(O)CSc1nnc(-c2cccc(Cl)c2F)n1C1CC1. The van der Waals surface area contributed by atoms with Gasteiger partial charge in [-0.1, -0.05) is 29.4 Å². The standard InChI is InChI=1S/C13H11ClFN3O2S/c14-9-3-1-2-8(11(9)15)12-16-17-13(21-6-10(19)20)18(12)7-4-5-7/h1-3,7H,4-6H2,(H,19,20). The Morgan fingerprint density at radius 1 is 1.48 bits per heavy atom. The van der Waals surface area contributed by atoms with Crippen LogP contribution in [-0.2, 0) is 4.79 Å². The van der Waals surface area contributed by atoms with Gasteiger partial charge in [0.05, 0.1) is 16.3 Å². The van der Waals surface area contributed by atoms with Gasteiger partial charge in [0.25, 0.3) is 0 Å². The lowest BCUT2D eigenvalue weighted by molar-refractivity contribution is -0.133. The smallest absolute Gasteiger partial charge is 0.313 e. The van der Waals surface area contributed by atoms with Gasteiger partial charge < -0.3 is 5.11 Å². The molecule has 1 saturated carbocycles. The Bertz CT molecular complexity index is 703.